The molecule has 2 atom stereocenters. The van der Waals surface area contributed by atoms with Crippen molar-refractivity contribution in [1.82, 2.24) is 15.1 Å². The zero-order chi connectivity index (χ0) is 23.9. The molecule has 2 aliphatic heterocycles. The Morgan fingerprint density at radius 1 is 0.941 bits per heavy atom. The van der Waals surface area contributed by atoms with Gasteiger partial charge in [-0.1, -0.05) is 55.8 Å². The highest BCUT2D eigenvalue weighted by atomic mass is 19.1. The van der Waals surface area contributed by atoms with E-state index in [1.54, 1.807) is 12.1 Å². The van der Waals surface area contributed by atoms with Gasteiger partial charge in [0.25, 0.3) is 0 Å². The summed E-state index contributed by atoms with van der Waals surface area (Å²) >= 11 is 0. The van der Waals surface area contributed by atoms with Gasteiger partial charge in [0.1, 0.15) is 5.82 Å². The topological polar surface area (TPSA) is 55.9 Å². The van der Waals surface area contributed by atoms with Gasteiger partial charge in [-0.2, -0.15) is 0 Å². The van der Waals surface area contributed by atoms with Crippen molar-refractivity contribution in [2.24, 2.45) is 5.92 Å². The van der Waals surface area contributed by atoms with Gasteiger partial charge < -0.3 is 20.0 Å². The first-order chi connectivity index (χ1) is 16.6. The van der Waals surface area contributed by atoms with E-state index in [4.69, 9.17) is 0 Å². The number of piperidine rings is 1. The maximum absolute atomic E-state index is 14.2. The second-order valence-electron chi connectivity index (χ2n) is 9.29. The van der Waals surface area contributed by atoms with E-state index < -0.39 is 0 Å². The molecule has 34 heavy (non-hydrogen) atoms. The van der Waals surface area contributed by atoms with Crippen LogP contribution in [0.3, 0.4) is 0 Å². The van der Waals surface area contributed by atoms with E-state index in [1.165, 1.54) is 6.07 Å². The molecule has 6 nitrogen and oxygen atoms in total. The van der Waals surface area contributed by atoms with Crippen LogP contribution in [0.15, 0.2) is 54.6 Å². The van der Waals surface area contributed by atoms with Crippen LogP contribution in [0.5, 0.6) is 0 Å². The summed E-state index contributed by atoms with van der Waals surface area (Å²) in [6, 6.07) is 16.9. The van der Waals surface area contributed by atoms with Crippen LogP contribution in [-0.2, 0) is 4.79 Å². The molecule has 2 aromatic rings. The Hall–Kier alpha value is -3.09. The van der Waals surface area contributed by atoms with Gasteiger partial charge in [0.15, 0.2) is 0 Å². The molecular weight excluding hydrogens is 431 g/mol. The minimum atomic E-state index is -0.240. The fourth-order valence-corrected chi connectivity index (χ4v) is 5.03. The van der Waals surface area contributed by atoms with E-state index in [2.05, 4.69) is 24.4 Å². The fraction of sp³-hybridized carbons (Fsp3) is 0.481. The molecular formula is C27H35FN4O2. The molecule has 0 radical (unpaired) electrons. The number of nitrogens with zero attached hydrogens (tertiary/aromatic N) is 3. The molecule has 2 heterocycles. The molecule has 7 heteroatoms. The second-order valence-corrected chi connectivity index (χ2v) is 9.29. The quantitative estimate of drug-likeness (QED) is 0.653. The zero-order valence-electron chi connectivity index (χ0n) is 20.0. The Labute approximate surface area is 201 Å². The number of piperazine rings is 1. The molecule has 1 N–H and O–H groups in total. The van der Waals surface area contributed by atoms with Crippen LogP contribution in [0, 0.1) is 11.7 Å². The molecule has 4 rings (SSSR count). The van der Waals surface area contributed by atoms with E-state index in [1.807, 2.05) is 39.0 Å². The summed E-state index contributed by atoms with van der Waals surface area (Å²) in [6.07, 6.45) is 2.69. The minimum Gasteiger partial charge on any atom is -0.366 e. The molecule has 3 amide bonds. The number of amides is 3. The van der Waals surface area contributed by atoms with Crippen LogP contribution in [0.25, 0.3) is 0 Å². The Kier molecular flexibility index (Phi) is 8.03. The summed E-state index contributed by atoms with van der Waals surface area (Å²) in [4.78, 5) is 32.1. The predicted molar refractivity (Wildman–Crippen MR) is 132 cm³/mol. The average molecular weight is 467 g/mol. The third-order valence-corrected chi connectivity index (χ3v) is 6.95. The third-order valence-electron chi connectivity index (χ3n) is 6.95. The molecule has 0 aromatic heterocycles. The van der Waals surface area contributed by atoms with E-state index in [-0.39, 0.29) is 29.6 Å². The molecule has 0 aliphatic carbocycles. The van der Waals surface area contributed by atoms with Gasteiger partial charge in [0.05, 0.1) is 11.6 Å². The molecule has 2 fully saturated rings. The van der Waals surface area contributed by atoms with Crippen LogP contribution in [0.4, 0.5) is 14.9 Å². The van der Waals surface area contributed by atoms with Gasteiger partial charge in [-0.25, -0.2) is 9.18 Å². The second kappa shape index (κ2) is 11.4. The molecule has 2 aromatic carbocycles. The van der Waals surface area contributed by atoms with Crippen molar-refractivity contribution >= 4 is 17.6 Å². The van der Waals surface area contributed by atoms with Gasteiger partial charge in [-0.15, -0.1) is 0 Å². The number of urea groups is 1. The first-order valence-corrected chi connectivity index (χ1v) is 12.4. The number of carbonyl (C=O) groups is 2. The lowest BCUT2D eigenvalue weighted by molar-refractivity contribution is -0.137. The molecule has 182 valence electrons. The van der Waals surface area contributed by atoms with Crippen molar-refractivity contribution in [2.45, 2.75) is 32.1 Å². The number of carbonyl (C=O) groups excluding carboxylic acids is 2. The maximum atomic E-state index is 14.2. The maximum Gasteiger partial charge on any atom is 0.317 e. The molecule has 2 saturated heterocycles. The molecule has 0 saturated carbocycles. The standard InChI is InChI=1S/C27H35FN4O2/c1-2-3-13-29-27(34)32-19-22(21-9-5-4-6-10-21)18-23(20-32)26(33)31-16-14-30(15-17-31)25-12-8-7-11-24(25)28/h4-12,22-23H,2-3,13-20H2,1H3,(H,29,34)/t22-,23+/m1/s1. The van der Waals surface area contributed by atoms with Crippen LogP contribution in [0.2, 0.25) is 0 Å². The number of hydrogen-bond donors (Lipinski definition) is 1. The van der Waals surface area contributed by atoms with Crippen LogP contribution < -0.4 is 10.2 Å². The number of nitrogens with one attached hydrogen (secondary N) is 1. The number of benzene rings is 2. The Balaban J connectivity index is 1.43. The highest BCUT2D eigenvalue weighted by Crippen LogP contribution is 2.32. The number of halogens is 1. The number of anilines is 1. The lowest BCUT2D eigenvalue weighted by Crippen LogP contribution is -2.55. The molecule has 0 spiro atoms. The lowest BCUT2D eigenvalue weighted by atomic mass is 9.84. The largest absolute Gasteiger partial charge is 0.366 e. The highest BCUT2D eigenvalue weighted by molar-refractivity contribution is 5.81. The predicted octanol–water partition coefficient (Wildman–Crippen LogP) is 4.09. The molecule has 0 bridgehead atoms. The number of rotatable bonds is 6. The van der Waals surface area contributed by atoms with E-state index >= 15 is 0 Å². The smallest absolute Gasteiger partial charge is 0.317 e. The molecule has 0 unspecified atom stereocenters. The number of hydrogen-bond acceptors (Lipinski definition) is 3. The zero-order valence-corrected chi connectivity index (χ0v) is 20.0. The van der Waals surface area contributed by atoms with Crippen LogP contribution in [-0.4, -0.2) is 67.6 Å². The first-order valence-electron chi connectivity index (χ1n) is 12.4. The third kappa shape index (κ3) is 5.69. The number of unbranched alkanes of at least 4 members (excludes halogenated alkanes) is 1. The van der Waals surface area contributed by atoms with Crippen molar-refractivity contribution < 1.29 is 14.0 Å². The SMILES string of the molecule is CCCCNC(=O)N1C[C@@H](C(=O)N2CCN(c3ccccc3F)CC2)C[C@@H](c2ccccc2)C1. The van der Waals surface area contributed by atoms with Crippen molar-refractivity contribution in [1.29, 1.82) is 0 Å². The summed E-state index contributed by atoms with van der Waals surface area (Å²) < 4.78 is 14.2. The summed E-state index contributed by atoms with van der Waals surface area (Å²) in [6.45, 7) is 6.12. The van der Waals surface area contributed by atoms with Crippen LogP contribution >= 0.6 is 0 Å². The first kappa shape index (κ1) is 24.0. The van der Waals surface area contributed by atoms with Crippen molar-refractivity contribution in [3.63, 3.8) is 0 Å². The van der Waals surface area contributed by atoms with Gasteiger partial charge in [0, 0.05) is 51.7 Å². The Bertz CT molecular complexity index is 962. The monoisotopic (exact) mass is 466 g/mol. The van der Waals surface area contributed by atoms with E-state index in [9.17, 15) is 14.0 Å². The van der Waals surface area contributed by atoms with Gasteiger partial charge in [-0.05, 0) is 30.5 Å². The number of para-hydroxylation sites is 1. The Morgan fingerprint density at radius 3 is 2.35 bits per heavy atom. The Morgan fingerprint density at radius 2 is 1.65 bits per heavy atom. The van der Waals surface area contributed by atoms with Gasteiger partial charge in [-0.3, -0.25) is 4.79 Å². The average Bonchev–Trinajstić information content (AvgIpc) is 2.89. The fourth-order valence-electron chi connectivity index (χ4n) is 5.03. The van der Waals surface area contributed by atoms with E-state index in [0.717, 1.165) is 24.8 Å². The van der Waals surface area contributed by atoms with E-state index in [0.29, 0.717) is 51.5 Å². The summed E-state index contributed by atoms with van der Waals surface area (Å²) in [5.41, 5.74) is 1.75. The van der Waals surface area contributed by atoms with Crippen molar-refractivity contribution in [2.75, 3.05) is 50.7 Å². The van der Waals surface area contributed by atoms with Crippen molar-refractivity contribution in [3.05, 3.63) is 66.0 Å². The lowest BCUT2D eigenvalue weighted by Gasteiger charge is -2.41. The summed E-state index contributed by atoms with van der Waals surface area (Å²) in [7, 11) is 0. The summed E-state index contributed by atoms with van der Waals surface area (Å²) in [5.74, 6) is -0.249. The summed E-state index contributed by atoms with van der Waals surface area (Å²) in [5, 5.41) is 3.01. The normalized spacial score (nSPS) is 20.8. The van der Waals surface area contributed by atoms with Crippen molar-refractivity contribution in [3.8, 4) is 0 Å². The highest BCUT2D eigenvalue weighted by Gasteiger charge is 2.37. The van der Waals surface area contributed by atoms with Gasteiger partial charge in [0.2, 0.25) is 5.91 Å². The minimum absolute atomic E-state index is 0.0868. The number of likely N-dealkylation sites (tertiary alicyclic amines) is 1. The van der Waals surface area contributed by atoms with Crippen LogP contribution in [0.1, 0.15) is 37.7 Å². The van der Waals surface area contributed by atoms with Gasteiger partial charge >= 0.3 is 6.03 Å². The molecule has 2 aliphatic rings.